The van der Waals surface area contributed by atoms with Crippen molar-refractivity contribution in [2.24, 2.45) is 0 Å². The molecule has 0 aliphatic carbocycles. The number of halogens is 1. The molecule has 1 atom stereocenters. The molecule has 2 N–H and O–H groups in total. The van der Waals surface area contributed by atoms with E-state index in [4.69, 9.17) is 4.74 Å². The Kier molecular flexibility index (Phi) is 5.57. The lowest BCUT2D eigenvalue weighted by atomic mass is 10.1. The number of carbonyl (C=O) groups excluding carboxylic acids is 1. The lowest BCUT2D eigenvalue weighted by molar-refractivity contribution is -0.876. The number of carbonyl (C=O) groups is 1. The zero-order valence-electron chi connectivity index (χ0n) is 8.47. The number of quaternary nitrogens is 1. The smallest absolute Gasteiger partial charge is 0.343 e. The fourth-order valence-electron chi connectivity index (χ4n) is 1.38. The number of ether oxygens (including phenoxy) is 1. The zero-order chi connectivity index (χ0) is 9.84. The highest BCUT2D eigenvalue weighted by Gasteiger charge is 2.25. The van der Waals surface area contributed by atoms with E-state index in [-0.39, 0.29) is 24.1 Å². The van der Waals surface area contributed by atoms with Crippen LogP contribution in [0.3, 0.4) is 0 Å². The molecule has 1 aliphatic heterocycles. The van der Waals surface area contributed by atoms with Gasteiger partial charge in [0.05, 0.1) is 26.6 Å². The van der Waals surface area contributed by atoms with Crippen LogP contribution >= 0.6 is 0 Å². The number of hydrogen-bond acceptors (Lipinski definition) is 3. The summed E-state index contributed by atoms with van der Waals surface area (Å²) in [6.45, 7) is 3.54. The van der Waals surface area contributed by atoms with Crippen molar-refractivity contribution in [1.29, 1.82) is 0 Å². The Bertz CT molecular complexity index is 240. The molecule has 4 nitrogen and oxygen atoms in total. The largest absolute Gasteiger partial charge is 1.00 e. The first-order chi connectivity index (χ1) is 6.15. The topological polar surface area (TPSA) is 51.0 Å². The molecule has 0 aromatic carbocycles. The number of nitrogens with one attached hydrogen (secondary N) is 1. The minimum Gasteiger partial charge on any atom is -1.00 e. The van der Waals surface area contributed by atoms with Gasteiger partial charge in [0.1, 0.15) is 17.9 Å². The van der Waals surface area contributed by atoms with Crippen LogP contribution in [0, 0.1) is 0 Å². The molecule has 5 heteroatoms. The Morgan fingerprint density at radius 2 is 2.29 bits per heavy atom. The number of esters is 1. The Hall–Kier alpha value is -0.740. The van der Waals surface area contributed by atoms with Crippen molar-refractivity contribution in [3.8, 4) is 0 Å². The summed E-state index contributed by atoms with van der Waals surface area (Å²) in [7, 11) is 1.99. The van der Waals surface area contributed by atoms with E-state index in [2.05, 4.69) is 0 Å². The summed E-state index contributed by atoms with van der Waals surface area (Å²) < 4.78 is 4.83. The predicted molar refractivity (Wildman–Crippen MR) is 47.5 cm³/mol. The van der Waals surface area contributed by atoms with Crippen LogP contribution in [0.25, 0.3) is 0 Å². The summed E-state index contributed by atoms with van der Waals surface area (Å²) in [5.74, 6) is -0.178. The van der Waals surface area contributed by atoms with Gasteiger partial charge >= 0.3 is 5.97 Å². The molecule has 0 aromatic rings. The number of rotatable bonds is 2. The number of hydrogen-bond donors (Lipinski definition) is 2. The molecule has 0 amide bonds. The monoisotopic (exact) mass is 221 g/mol. The van der Waals surface area contributed by atoms with Crippen LogP contribution in [0.15, 0.2) is 11.3 Å². The van der Waals surface area contributed by atoms with Crippen molar-refractivity contribution in [3.05, 3.63) is 11.3 Å². The molecule has 0 radical (unpaired) electrons. The molecule has 1 unspecified atom stereocenters. The van der Waals surface area contributed by atoms with Gasteiger partial charge in [-0.15, -0.1) is 0 Å². The van der Waals surface area contributed by atoms with E-state index in [0.29, 0.717) is 25.1 Å². The third-order valence-electron chi connectivity index (χ3n) is 2.14. The normalized spacial score (nSPS) is 21.4. The first-order valence-corrected chi connectivity index (χ1v) is 4.54. The lowest BCUT2D eigenvalue weighted by Crippen LogP contribution is -3.10. The highest BCUT2D eigenvalue weighted by atomic mass is 35.5. The standard InChI is InChI=1S/C9H15NO3.ClH/c1-3-13-9(12)7-6-10(2)5-4-8(7)11;/h11H,3-6H2,1-2H3;1H. The highest BCUT2D eigenvalue weighted by Crippen LogP contribution is 2.08. The summed E-state index contributed by atoms with van der Waals surface area (Å²) in [4.78, 5) is 12.5. The maximum Gasteiger partial charge on any atom is 0.343 e. The number of aliphatic hydroxyl groups excluding tert-OH is 1. The minimum absolute atomic E-state index is 0. The second kappa shape index (κ2) is 5.88. The van der Waals surface area contributed by atoms with Crippen molar-refractivity contribution in [2.75, 3.05) is 26.7 Å². The van der Waals surface area contributed by atoms with Gasteiger partial charge in [-0.25, -0.2) is 4.79 Å². The van der Waals surface area contributed by atoms with Crippen LogP contribution < -0.4 is 17.3 Å². The Morgan fingerprint density at radius 3 is 2.86 bits per heavy atom. The first kappa shape index (κ1) is 13.3. The van der Waals surface area contributed by atoms with Gasteiger partial charge in [0, 0.05) is 0 Å². The van der Waals surface area contributed by atoms with E-state index in [1.165, 1.54) is 4.90 Å². The van der Waals surface area contributed by atoms with Crippen molar-refractivity contribution in [2.45, 2.75) is 13.3 Å². The van der Waals surface area contributed by atoms with Gasteiger partial charge in [0.25, 0.3) is 0 Å². The summed E-state index contributed by atoms with van der Waals surface area (Å²) in [5, 5.41) is 9.45. The molecule has 0 aromatic heterocycles. The van der Waals surface area contributed by atoms with Crippen LogP contribution in [-0.4, -0.2) is 37.8 Å². The van der Waals surface area contributed by atoms with Gasteiger partial charge in [0.15, 0.2) is 0 Å². The summed E-state index contributed by atoms with van der Waals surface area (Å²) >= 11 is 0. The molecule has 82 valence electrons. The first-order valence-electron chi connectivity index (χ1n) is 4.54. The average Bonchev–Trinajstić information content (AvgIpc) is 2.09. The fraction of sp³-hybridized carbons (Fsp3) is 0.667. The molecule has 0 saturated heterocycles. The van der Waals surface area contributed by atoms with Crippen LogP contribution in [0.5, 0.6) is 0 Å². The van der Waals surface area contributed by atoms with Crippen LogP contribution in [0.4, 0.5) is 0 Å². The van der Waals surface area contributed by atoms with Crippen molar-refractivity contribution in [1.82, 2.24) is 0 Å². The summed E-state index contributed by atoms with van der Waals surface area (Å²) in [5.41, 5.74) is 0.436. The molecular formula is C9H16ClNO3. The van der Waals surface area contributed by atoms with E-state index in [1.807, 2.05) is 7.05 Å². The third-order valence-corrected chi connectivity index (χ3v) is 2.14. The molecule has 0 saturated carbocycles. The van der Waals surface area contributed by atoms with Crippen LogP contribution in [0.2, 0.25) is 0 Å². The molecular weight excluding hydrogens is 206 g/mol. The van der Waals surface area contributed by atoms with Gasteiger partial charge in [-0.2, -0.15) is 0 Å². The lowest BCUT2D eigenvalue weighted by Gasteiger charge is -2.21. The SMILES string of the molecule is CCOC(=O)C1=C(O)CC[NH+](C)C1.[Cl-]. The molecule has 1 heterocycles. The second-order valence-electron chi connectivity index (χ2n) is 3.28. The molecule has 14 heavy (non-hydrogen) atoms. The van der Waals surface area contributed by atoms with Gasteiger partial charge in [-0.1, -0.05) is 0 Å². The Labute approximate surface area is 89.9 Å². The third kappa shape index (κ3) is 3.20. The molecule has 1 aliphatic rings. The minimum atomic E-state index is -0.376. The van der Waals surface area contributed by atoms with Gasteiger partial charge in [0.2, 0.25) is 0 Å². The molecule has 0 bridgehead atoms. The van der Waals surface area contributed by atoms with Crippen molar-refractivity contribution in [3.63, 3.8) is 0 Å². The summed E-state index contributed by atoms with van der Waals surface area (Å²) in [6, 6.07) is 0. The number of aliphatic hydroxyl groups is 1. The van der Waals surface area contributed by atoms with E-state index in [1.54, 1.807) is 6.92 Å². The highest BCUT2D eigenvalue weighted by molar-refractivity contribution is 5.89. The van der Waals surface area contributed by atoms with Crippen LogP contribution in [0.1, 0.15) is 13.3 Å². The van der Waals surface area contributed by atoms with Crippen molar-refractivity contribution >= 4 is 5.97 Å². The molecule has 1 rings (SSSR count). The molecule has 0 fully saturated rings. The zero-order valence-corrected chi connectivity index (χ0v) is 9.23. The summed E-state index contributed by atoms with van der Waals surface area (Å²) in [6.07, 6.45) is 0.569. The van der Waals surface area contributed by atoms with Gasteiger partial charge in [-0.05, 0) is 6.92 Å². The quantitative estimate of drug-likeness (QED) is 0.472. The van der Waals surface area contributed by atoms with E-state index < -0.39 is 0 Å². The predicted octanol–water partition coefficient (Wildman–Crippen LogP) is -3.72. The Morgan fingerprint density at radius 1 is 1.64 bits per heavy atom. The van der Waals surface area contributed by atoms with Crippen LogP contribution in [-0.2, 0) is 9.53 Å². The van der Waals surface area contributed by atoms with Crippen molar-refractivity contribution < 1.29 is 31.9 Å². The maximum absolute atomic E-state index is 11.3. The van der Waals surface area contributed by atoms with E-state index >= 15 is 0 Å². The Balaban J connectivity index is 0.00000169. The fourth-order valence-corrected chi connectivity index (χ4v) is 1.38. The second-order valence-corrected chi connectivity index (χ2v) is 3.28. The van der Waals surface area contributed by atoms with Gasteiger partial charge in [-0.3, -0.25) is 0 Å². The maximum atomic E-state index is 11.3. The molecule has 0 spiro atoms. The average molecular weight is 222 g/mol. The number of likely N-dealkylation sites (N-methyl/N-ethyl adjacent to an activating group) is 1. The van der Waals surface area contributed by atoms with E-state index in [9.17, 15) is 9.90 Å². The van der Waals surface area contributed by atoms with Gasteiger partial charge < -0.3 is 27.2 Å². The van der Waals surface area contributed by atoms with E-state index in [0.717, 1.165) is 6.54 Å².